The highest BCUT2D eigenvalue weighted by molar-refractivity contribution is 7.98. The van der Waals surface area contributed by atoms with Crippen LogP contribution in [0.4, 0.5) is 4.79 Å². The van der Waals surface area contributed by atoms with Gasteiger partial charge in [-0.3, -0.25) is 9.78 Å². The summed E-state index contributed by atoms with van der Waals surface area (Å²) < 4.78 is 5.20. The van der Waals surface area contributed by atoms with Crippen LogP contribution in [0.3, 0.4) is 0 Å². The second-order valence-electron chi connectivity index (χ2n) is 5.62. The molecule has 0 fully saturated rings. The van der Waals surface area contributed by atoms with E-state index in [0.717, 1.165) is 16.9 Å². The zero-order valence-electron chi connectivity index (χ0n) is 14.7. The Morgan fingerprint density at radius 1 is 1.15 bits per heavy atom. The number of nitrogens with zero attached hydrogens (tertiary/aromatic N) is 1. The average molecular weight is 373 g/mol. The molecule has 7 heteroatoms. The number of aromatic nitrogens is 1. The van der Waals surface area contributed by atoms with Gasteiger partial charge >= 0.3 is 6.09 Å². The molecule has 0 aliphatic heterocycles. The smallest absolute Gasteiger partial charge is 0.408 e. The Labute approximate surface area is 157 Å². The molecule has 0 radical (unpaired) electrons. The molecule has 0 spiro atoms. The Balaban J connectivity index is 1.84. The van der Waals surface area contributed by atoms with Crippen LogP contribution in [-0.4, -0.2) is 35.0 Å². The molecule has 2 rings (SSSR count). The van der Waals surface area contributed by atoms with E-state index in [0.29, 0.717) is 13.0 Å². The molecule has 0 aliphatic carbocycles. The van der Waals surface area contributed by atoms with Gasteiger partial charge in [-0.2, -0.15) is 11.8 Å². The van der Waals surface area contributed by atoms with E-state index in [1.807, 2.05) is 48.7 Å². The average Bonchev–Trinajstić information content (AvgIpc) is 2.69. The van der Waals surface area contributed by atoms with E-state index in [4.69, 9.17) is 4.74 Å². The molecule has 6 nitrogen and oxygen atoms in total. The van der Waals surface area contributed by atoms with E-state index in [-0.39, 0.29) is 12.5 Å². The molecule has 0 aliphatic rings. The molecule has 0 unspecified atom stereocenters. The van der Waals surface area contributed by atoms with Crippen LogP contribution in [0, 0.1) is 0 Å². The van der Waals surface area contributed by atoms with Crippen LogP contribution in [0.5, 0.6) is 0 Å². The number of benzene rings is 1. The van der Waals surface area contributed by atoms with E-state index < -0.39 is 12.1 Å². The second kappa shape index (κ2) is 11.1. The Morgan fingerprint density at radius 2 is 1.92 bits per heavy atom. The van der Waals surface area contributed by atoms with Gasteiger partial charge in [-0.1, -0.05) is 36.4 Å². The summed E-state index contributed by atoms with van der Waals surface area (Å²) in [6.45, 7) is 0.530. The third-order valence-corrected chi connectivity index (χ3v) is 4.27. The van der Waals surface area contributed by atoms with Crippen molar-refractivity contribution >= 4 is 23.8 Å². The first-order valence-corrected chi connectivity index (χ1v) is 9.71. The fourth-order valence-electron chi connectivity index (χ4n) is 2.23. The molecular weight excluding hydrogens is 350 g/mol. The summed E-state index contributed by atoms with van der Waals surface area (Å²) in [5.41, 5.74) is 1.79. The Bertz CT molecular complexity index is 683. The molecular formula is C19H23N3O3S. The van der Waals surface area contributed by atoms with Crippen molar-refractivity contribution in [1.82, 2.24) is 15.6 Å². The normalized spacial score (nSPS) is 11.4. The zero-order chi connectivity index (χ0) is 18.6. The lowest BCUT2D eigenvalue weighted by atomic mass is 10.2. The van der Waals surface area contributed by atoms with Crippen LogP contribution in [-0.2, 0) is 22.7 Å². The number of carbonyl (C=O) groups excluding carboxylic acids is 2. The maximum absolute atomic E-state index is 12.4. The minimum Gasteiger partial charge on any atom is -0.445 e. The SMILES string of the molecule is CSCC[C@H](NC(=O)OCc1ccccc1)C(=O)NCc1cccnc1. The number of thioether (sulfide) groups is 1. The standard InChI is InChI=1S/C19H23N3O3S/c1-26-11-9-17(18(23)21-13-16-8-5-10-20-12-16)22-19(24)25-14-15-6-3-2-4-7-15/h2-8,10,12,17H,9,11,13-14H2,1H3,(H,21,23)(H,22,24)/t17-/m0/s1. The maximum atomic E-state index is 12.4. The molecule has 1 heterocycles. The van der Waals surface area contributed by atoms with Gasteiger partial charge in [-0.25, -0.2) is 4.79 Å². The van der Waals surface area contributed by atoms with Crippen LogP contribution >= 0.6 is 11.8 Å². The highest BCUT2D eigenvalue weighted by Crippen LogP contribution is 2.04. The van der Waals surface area contributed by atoms with Gasteiger partial charge in [0.15, 0.2) is 0 Å². The predicted octanol–water partition coefficient (Wildman–Crippen LogP) is 2.75. The van der Waals surface area contributed by atoms with Gasteiger partial charge in [0, 0.05) is 18.9 Å². The molecule has 0 saturated heterocycles. The van der Waals surface area contributed by atoms with E-state index in [2.05, 4.69) is 15.6 Å². The molecule has 1 aromatic carbocycles. The largest absolute Gasteiger partial charge is 0.445 e. The maximum Gasteiger partial charge on any atom is 0.408 e. The van der Waals surface area contributed by atoms with Crippen molar-refractivity contribution in [1.29, 1.82) is 0 Å². The van der Waals surface area contributed by atoms with E-state index in [1.165, 1.54) is 0 Å². The Morgan fingerprint density at radius 3 is 2.62 bits per heavy atom. The molecule has 138 valence electrons. The first-order valence-electron chi connectivity index (χ1n) is 8.32. The third kappa shape index (κ3) is 7.14. The number of rotatable bonds is 9. The summed E-state index contributed by atoms with van der Waals surface area (Å²) in [6, 6.07) is 12.5. The van der Waals surface area contributed by atoms with Gasteiger partial charge < -0.3 is 15.4 Å². The van der Waals surface area contributed by atoms with Gasteiger partial charge in [0.1, 0.15) is 12.6 Å². The summed E-state index contributed by atoms with van der Waals surface area (Å²) in [7, 11) is 0. The van der Waals surface area contributed by atoms with Gasteiger partial charge in [0.05, 0.1) is 0 Å². The van der Waals surface area contributed by atoms with Gasteiger partial charge in [-0.15, -0.1) is 0 Å². The third-order valence-electron chi connectivity index (χ3n) is 3.62. The van der Waals surface area contributed by atoms with Crippen LogP contribution in [0.25, 0.3) is 0 Å². The van der Waals surface area contributed by atoms with Gasteiger partial charge in [0.25, 0.3) is 0 Å². The Hall–Kier alpha value is -2.54. The van der Waals surface area contributed by atoms with Crippen molar-refractivity contribution in [2.24, 2.45) is 0 Å². The number of hydrogen-bond acceptors (Lipinski definition) is 5. The van der Waals surface area contributed by atoms with Crippen LogP contribution in [0.15, 0.2) is 54.9 Å². The van der Waals surface area contributed by atoms with Crippen molar-refractivity contribution in [2.45, 2.75) is 25.6 Å². The summed E-state index contributed by atoms with van der Waals surface area (Å²) in [5, 5.41) is 5.48. The second-order valence-corrected chi connectivity index (χ2v) is 6.60. The molecule has 26 heavy (non-hydrogen) atoms. The number of ether oxygens (including phenoxy) is 1. The molecule has 0 saturated carbocycles. The number of alkyl carbamates (subject to hydrolysis) is 1. The summed E-state index contributed by atoms with van der Waals surface area (Å²) >= 11 is 1.62. The summed E-state index contributed by atoms with van der Waals surface area (Å²) in [4.78, 5) is 28.5. The molecule has 2 amide bonds. The number of hydrogen-bond donors (Lipinski definition) is 2. The van der Waals surface area contributed by atoms with Crippen molar-refractivity contribution in [3.63, 3.8) is 0 Å². The first kappa shape index (κ1) is 19.8. The van der Waals surface area contributed by atoms with Crippen LogP contribution in [0.2, 0.25) is 0 Å². The summed E-state index contributed by atoms with van der Waals surface area (Å²) in [6.07, 6.45) is 5.26. The van der Waals surface area contributed by atoms with Gasteiger partial charge in [0.2, 0.25) is 5.91 Å². The number of nitrogens with one attached hydrogen (secondary N) is 2. The number of pyridine rings is 1. The van der Waals surface area contributed by atoms with E-state index in [1.54, 1.807) is 24.2 Å². The highest BCUT2D eigenvalue weighted by Gasteiger charge is 2.21. The predicted molar refractivity (Wildman–Crippen MR) is 103 cm³/mol. The quantitative estimate of drug-likeness (QED) is 0.706. The lowest BCUT2D eigenvalue weighted by Crippen LogP contribution is -2.47. The van der Waals surface area contributed by atoms with Crippen molar-refractivity contribution < 1.29 is 14.3 Å². The van der Waals surface area contributed by atoms with Crippen LogP contribution < -0.4 is 10.6 Å². The van der Waals surface area contributed by atoms with Gasteiger partial charge in [-0.05, 0) is 35.6 Å². The monoisotopic (exact) mass is 373 g/mol. The topological polar surface area (TPSA) is 80.3 Å². The fraction of sp³-hybridized carbons (Fsp3) is 0.316. The van der Waals surface area contributed by atoms with E-state index in [9.17, 15) is 9.59 Å². The molecule has 1 atom stereocenters. The van der Waals surface area contributed by atoms with E-state index >= 15 is 0 Å². The summed E-state index contributed by atoms with van der Waals surface area (Å²) in [5.74, 6) is 0.517. The molecule has 2 N–H and O–H groups in total. The highest BCUT2D eigenvalue weighted by atomic mass is 32.2. The lowest BCUT2D eigenvalue weighted by molar-refractivity contribution is -0.123. The Kier molecular flexibility index (Phi) is 8.48. The molecule has 0 bridgehead atoms. The van der Waals surface area contributed by atoms with Crippen molar-refractivity contribution in [3.05, 3.63) is 66.0 Å². The lowest BCUT2D eigenvalue weighted by Gasteiger charge is -2.18. The minimum atomic E-state index is -0.637. The number of amides is 2. The van der Waals surface area contributed by atoms with Crippen molar-refractivity contribution in [2.75, 3.05) is 12.0 Å². The minimum absolute atomic E-state index is 0.166. The number of carbonyl (C=O) groups is 2. The molecule has 1 aromatic heterocycles. The van der Waals surface area contributed by atoms with Crippen LogP contribution in [0.1, 0.15) is 17.5 Å². The van der Waals surface area contributed by atoms with Crippen molar-refractivity contribution in [3.8, 4) is 0 Å². The zero-order valence-corrected chi connectivity index (χ0v) is 15.5. The first-order chi connectivity index (χ1) is 12.7. The fourth-order valence-corrected chi connectivity index (χ4v) is 2.70. The molecule has 2 aromatic rings.